The van der Waals surface area contributed by atoms with E-state index >= 15 is 0 Å². The highest BCUT2D eigenvalue weighted by atomic mass is 16.5. The summed E-state index contributed by atoms with van der Waals surface area (Å²) in [5.74, 6) is 0.473. The number of rotatable bonds is 1. The Morgan fingerprint density at radius 2 is 2.17 bits per heavy atom. The minimum Gasteiger partial charge on any atom is -0.465 e. The number of carbonyl (C=O) groups excluding carboxylic acids is 1. The zero-order chi connectivity index (χ0) is 13.5. The molecule has 100 valence electrons. The van der Waals surface area contributed by atoms with Gasteiger partial charge in [0.25, 0.3) is 0 Å². The Morgan fingerprint density at radius 1 is 1.50 bits per heavy atom. The van der Waals surface area contributed by atoms with Gasteiger partial charge in [0.05, 0.1) is 18.8 Å². The van der Waals surface area contributed by atoms with Gasteiger partial charge < -0.3 is 10.1 Å². The minimum absolute atomic E-state index is 0.114. The highest BCUT2D eigenvalue weighted by molar-refractivity contribution is 5.96. The van der Waals surface area contributed by atoms with Gasteiger partial charge in [0.2, 0.25) is 0 Å². The summed E-state index contributed by atoms with van der Waals surface area (Å²) in [5.41, 5.74) is 1.40. The number of aromatic nitrogens is 2. The van der Waals surface area contributed by atoms with E-state index in [9.17, 15) is 4.79 Å². The highest BCUT2D eigenvalue weighted by Crippen LogP contribution is 2.39. The number of carbonyl (C=O) groups is 1. The molecule has 0 saturated heterocycles. The summed E-state index contributed by atoms with van der Waals surface area (Å²) in [4.78, 5) is 11.8. The molecule has 18 heavy (non-hydrogen) atoms. The van der Waals surface area contributed by atoms with Crippen LogP contribution in [0.3, 0.4) is 0 Å². The van der Waals surface area contributed by atoms with Gasteiger partial charge in [-0.1, -0.05) is 20.8 Å². The fourth-order valence-corrected chi connectivity index (χ4v) is 2.54. The lowest BCUT2D eigenvalue weighted by Crippen LogP contribution is -2.32. The first-order valence-electron chi connectivity index (χ1n) is 6.27. The molecule has 0 bridgehead atoms. The van der Waals surface area contributed by atoms with E-state index < -0.39 is 0 Å². The van der Waals surface area contributed by atoms with Gasteiger partial charge in [-0.25, -0.2) is 9.48 Å². The molecule has 1 N–H and O–H groups in total. The summed E-state index contributed by atoms with van der Waals surface area (Å²) in [6.45, 7) is 9.29. The van der Waals surface area contributed by atoms with Crippen molar-refractivity contribution in [1.82, 2.24) is 9.78 Å². The first-order chi connectivity index (χ1) is 8.36. The summed E-state index contributed by atoms with van der Waals surface area (Å²) in [6.07, 6.45) is 1.01. The smallest absolute Gasteiger partial charge is 0.343 e. The molecule has 5 heteroatoms. The van der Waals surface area contributed by atoms with Crippen molar-refractivity contribution in [2.45, 2.75) is 40.2 Å². The van der Waals surface area contributed by atoms with E-state index in [1.54, 1.807) is 0 Å². The van der Waals surface area contributed by atoms with Gasteiger partial charge in [0.1, 0.15) is 11.4 Å². The Hall–Kier alpha value is -1.52. The van der Waals surface area contributed by atoms with Crippen LogP contribution in [0.2, 0.25) is 0 Å². The SMILES string of the molecule is COC(=O)c1c(C)nn2c1NCCC2C(C)(C)C. The van der Waals surface area contributed by atoms with Crippen LogP contribution < -0.4 is 5.32 Å². The average molecular weight is 251 g/mol. The van der Waals surface area contributed by atoms with Crippen LogP contribution in [0.5, 0.6) is 0 Å². The van der Waals surface area contributed by atoms with Gasteiger partial charge in [-0.3, -0.25) is 0 Å². The highest BCUT2D eigenvalue weighted by Gasteiger charge is 2.34. The molecule has 0 spiro atoms. The summed E-state index contributed by atoms with van der Waals surface area (Å²) >= 11 is 0. The number of aryl methyl sites for hydroxylation is 1. The molecular formula is C13H21N3O2. The van der Waals surface area contributed by atoms with Crippen LogP contribution in [-0.4, -0.2) is 29.4 Å². The normalized spacial score (nSPS) is 19.1. The standard InChI is InChI=1S/C13H21N3O2/c1-8-10(12(17)18-5)11-14-7-6-9(13(2,3)4)16(11)15-8/h9,14H,6-7H2,1-5H3. The van der Waals surface area contributed by atoms with Crippen LogP contribution in [0.1, 0.15) is 49.3 Å². The third kappa shape index (κ3) is 1.98. The van der Waals surface area contributed by atoms with Crippen molar-refractivity contribution in [3.63, 3.8) is 0 Å². The largest absolute Gasteiger partial charge is 0.465 e. The number of esters is 1. The minimum atomic E-state index is -0.323. The number of nitrogens with one attached hydrogen (secondary N) is 1. The van der Waals surface area contributed by atoms with Crippen LogP contribution >= 0.6 is 0 Å². The number of ether oxygens (including phenoxy) is 1. The number of nitrogens with zero attached hydrogens (tertiary/aromatic N) is 2. The molecule has 2 rings (SSSR count). The maximum Gasteiger partial charge on any atom is 0.343 e. The number of hydrogen-bond donors (Lipinski definition) is 1. The Balaban J connectivity index is 2.52. The van der Waals surface area contributed by atoms with Gasteiger partial charge in [-0.2, -0.15) is 5.10 Å². The molecule has 0 aliphatic carbocycles. The van der Waals surface area contributed by atoms with E-state index in [-0.39, 0.29) is 11.4 Å². The molecule has 1 atom stereocenters. The van der Waals surface area contributed by atoms with Crippen LogP contribution in [0.4, 0.5) is 5.82 Å². The van der Waals surface area contributed by atoms with Gasteiger partial charge in [-0.05, 0) is 18.8 Å². The lowest BCUT2D eigenvalue weighted by molar-refractivity contribution is 0.0600. The molecule has 0 aromatic carbocycles. The third-order valence-corrected chi connectivity index (χ3v) is 3.48. The van der Waals surface area contributed by atoms with Crippen molar-refractivity contribution in [1.29, 1.82) is 0 Å². The maximum absolute atomic E-state index is 11.8. The number of fused-ring (bicyclic) bond motifs is 1. The lowest BCUT2D eigenvalue weighted by Gasteiger charge is -2.35. The summed E-state index contributed by atoms with van der Waals surface area (Å²) in [7, 11) is 1.40. The molecule has 0 amide bonds. The second-order valence-electron chi connectivity index (χ2n) is 5.84. The van der Waals surface area contributed by atoms with E-state index in [1.165, 1.54) is 7.11 Å². The monoisotopic (exact) mass is 251 g/mol. The predicted molar refractivity (Wildman–Crippen MR) is 69.9 cm³/mol. The molecule has 1 aromatic rings. The zero-order valence-electron chi connectivity index (χ0n) is 11.7. The van der Waals surface area contributed by atoms with E-state index in [1.807, 2.05) is 11.6 Å². The van der Waals surface area contributed by atoms with Crippen LogP contribution in [0.25, 0.3) is 0 Å². The number of methoxy groups -OCH3 is 1. The molecule has 1 aromatic heterocycles. The first kappa shape index (κ1) is 12.9. The summed E-state index contributed by atoms with van der Waals surface area (Å²) < 4.78 is 6.78. The van der Waals surface area contributed by atoms with Crippen molar-refractivity contribution < 1.29 is 9.53 Å². The van der Waals surface area contributed by atoms with Gasteiger partial charge in [0, 0.05) is 6.54 Å². The van der Waals surface area contributed by atoms with Crippen molar-refractivity contribution in [3.8, 4) is 0 Å². The summed E-state index contributed by atoms with van der Waals surface area (Å²) in [5, 5.41) is 7.79. The first-order valence-corrected chi connectivity index (χ1v) is 6.27. The Kier molecular flexibility index (Phi) is 3.09. The fraction of sp³-hybridized carbons (Fsp3) is 0.692. The quantitative estimate of drug-likeness (QED) is 0.779. The van der Waals surface area contributed by atoms with Crippen LogP contribution in [0, 0.1) is 12.3 Å². The molecule has 0 saturated carbocycles. The Bertz CT molecular complexity index is 471. The van der Waals surface area contributed by atoms with Crippen molar-refractivity contribution in [2.24, 2.45) is 5.41 Å². The second-order valence-corrected chi connectivity index (χ2v) is 5.84. The van der Waals surface area contributed by atoms with Gasteiger partial charge in [-0.15, -0.1) is 0 Å². The zero-order valence-corrected chi connectivity index (χ0v) is 11.7. The number of hydrogen-bond acceptors (Lipinski definition) is 4. The molecule has 2 heterocycles. The Labute approximate surface area is 108 Å². The summed E-state index contributed by atoms with van der Waals surface area (Å²) in [6, 6.07) is 0.297. The van der Waals surface area contributed by atoms with Crippen LogP contribution in [-0.2, 0) is 4.74 Å². The van der Waals surface area contributed by atoms with Crippen molar-refractivity contribution >= 4 is 11.8 Å². The molecule has 5 nitrogen and oxygen atoms in total. The average Bonchev–Trinajstić information content (AvgIpc) is 2.62. The second kappa shape index (κ2) is 4.30. The van der Waals surface area contributed by atoms with Crippen molar-refractivity contribution in [3.05, 3.63) is 11.3 Å². The predicted octanol–water partition coefficient (Wildman–Crippen LogP) is 2.38. The van der Waals surface area contributed by atoms with E-state index in [2.05, 4.69) is 31.2 Å². The third-order valence-electron chi connectivity index (χ3n) is 3.48. The van der Waals surface area contributed by atoms with Crippen LogP contribution in [0.15, 0.2) is 0 Å². The Morgan fingerprint density at radius 3 is 2.72 bits per heavy atom. The van der Waals surface area contributed by atoms with E-state index in [4.69, 9.17) is 4.74 Å². The molecule has 1 aliphatic rings. The van der Waals surface area contributed by atoms with E-state index in [0.29, 0.717) is 11.6 Å². The molecular weight excluding hydrogens is 230 g/mol. The fourth-order valence-electron chi connectivity index (χ4n) is 2.54. The number of anilines is 1. The molecule has 0 radical (unpaired) electrons. The molecule has 1 aliphatic heterocycles. The maximum atomic E-state index is 11.8. The topological polar surface area (TPSA) is 56.1 Å². The van der Waals surface area contributed by atoms with E-state index in [0.717, 1.165) is 24.5 Å². The van der Waals surface area contributed by atoms with Gasteiger partial charge >= 0.3 is 5.97 Å². The molecule has 1 unspecified atom stereocenters. The molecule has 0 fully saturated rings. The van der Waals surface area contributed by atoms with Crippen molar-refractivity contribution in [2.75, 3.05) is 19.0 Å². The van der Waals surface area contributed by atoms with Gasteiger partial charge in [0.15, 0.2) is 0 Å². The lowest BCUT2D eigenvalue weighted by atomic mass is 9.84.